The van der Waals surface area contributed by atoms with Crippen LogP contribution in [0.5, 0.6) is 0 Å². The predicted octanol–water partition coefficient (Wildman–Crippen LogP) is 1.41. The standard InChI is InChI=1S/C10H18O3/c1-7(11)8-4-9(12-2)6-10(5-8)13-3/h8-10H,4-6H2,1-3H3. The van der Waals surface area contributed by atoms with Gasteiger partial charge in [0.25, 0.3) is 0 Å². The molecule has 0 spiro atoms. The number of hydrogen-bond donors (Lipinski definition) is 0. The smallest absolute Gasteiger partial charge is 0.133 e. The van der Waals surface area contributed by atoms with Crippen molar-refractivity contribution < 1.29 is 14.3 Å². The minimum absolute atomic E-state index is 0.128. The average Bonchev–Trinajstić information content (AvgIpc) is 2.16. The second kappa shape index (κ2) is 4.72. The molecule has 1 aliphatic carbocycles. The Morgan fingerprint density at radius 1 is 1.08 bits per heavy atom. The summed E-state index contributed by atoms with van der Waals surface area (Å²) in [7, 11) is 3.39. The van der Waals surface area contributed by atoms with Gasteiger partial charge in [-0.05, 0) is 26.2 Å². The molecule has 3 heteroatoms. The number of ketones is 1. The molecule has 1 saturated carbocycles. The van der Waals surface area contributed by atoms with Crippen molar-refractivity contribution in [3.05, 3.63) is 0 Å². The molecule has 76 valence electrons. The van der Waals surface area contributed by atoms with Gasteiger partial charge in [0, 0.05) is 20.1 Å². The first-order valence-electron chi connectivity index (χ1n) is 4.73. The number of methoxy groups -OCH3 is 2. The molecule has 0 aromatic rings. The van der Waals surface area contributed by atoms with Crippen molar-refractivity contribution in [3.8, 4) is 0 Å². The van der Waals surface area contributed by atoms with Gasteiger partial charge < -0.3 is 9.47 Å². The molecule has 0 amide bonds. The van der Waals surface area contributed by atoms with Gasteiger partial charge in [0.05, 0.1) is 12.2 Å². The minimum atomic E-state index is 0.128. The van der Waals surface area contributed by atoms with Crippen molar-refractivity contribution in [2.24, 2.45) is 5.92 Å². The van der Waals surface area contributed by atoms with E-state index in [-0.39, 0.29) is 23.9 Å². The highest BCUT2D eigenvalue weighted by Crippen LogP contribution is 2.28. The molecule has 3 nitrogen and oxygen atoms in total. The van der Waals surface area contributed by atoms with E-state index in [1.54, 1.807) is 21.1 Å². The summed E-state index contributed by atoms with van der Waals surface area (Å²) in [6.07, 6.45) is 2.99. The number of ether oxygens (including phenoxy) is 2. The highest BCUT2D eigenvalue weighted by atomic mass is 16.5. The van der Waals surface area contributed by atoms with Crippen molar-refractivity contribution in [1.82, 2.24) is 0 Å². The summed E-state index contributed by atoms with van der Waals surface area (Å²) in [5.74, 6) is 0.382. The summed E-state index contributed by atoms with van der Waals surface area (Å²) in [6, 6.07) is 0. The molecule has 0 aliphatic heterocycles. The van der Waals surface area contributed by atoms with Crippen LogP contribution < -0.4 is 0 Å². The van der Waals surface area contributed by atoms with Gasteiger partial charge in [-0.2, -0.15) is 0 Å². The van der Waals surface area contributed by atoms with Crippen molar-refractivity contribution in [2.45, 2.75) is 38.4 Å². The quantitative estimate of drug-likeness (QED) is 0.668. The number of Topliss-reactive ketones (excluding diaryl/α,β-unsaturated/α-hetero) is 1. The highest BCUT2D eigenvalue weighted by Gasteiger charge is 2.31. The molecule has 2 atom stereocenters. The van der Waals surface area contributed by atoms with E-state index in [9.17, 15) is 4.79 Å². The topological polar surface area (TPSA) is 35.5 Å². The number of hydrogen-bond acceptors (Lipinski definition) is 3. The summed E-state index contributed by atoms with van der Waals surface area (Å²) >= 11 is 0. The normalized spacial score (nSPS) is 34.5. The molecular formula is C10H18O3. The Hall–Kier alpha value is -0.410. The van der Waals surface area contributed by atoms with Crippen LogP contribution in [-0.2, 0) is 14.3 Å². The van der Waals surface area contributed by atoms with Crippen molar-refractivity contribution in [1.29, 1.82) is 0 Å². The predicted molar refractivity (Wildman–Crippen MR) is 49.6 cm³/mol. The van der Waals surface area contributed by atoms with Crippen LogP contribution in [0.4, 0.5) is 0 Å². The third-order valence-electron chi connectivity index (χ3n) is 2.86. The van der Waals surface area contributed by atoms with Crippen LogP contribution in [0.25, 0.3) is 0 Å². The Balaban J connectivity index is 2.54. The van der Waals surface area contributed by atoms with Crippen LogP contribution >= 0.6 is 0 Å². The second-order valence-corrected chi connectivity index (χ2v) is 3.73. The fourth-order valence-electron chi connectivity index (χ4n) is 1.93. The lowest BCUT2D eigenvalue weighted by Crippen LogP contribution is -2.34. The summed E-state index contributed by atoms with van der Waals surface area (Å²) in [4.78, 5) is 11.2. The molecule has 2 unspecified atom stereocenters. The Morgan fingerprint density at radius 3 is 1.85 bits per heavy atom. The molecule has 1 fully saturated rings. The SMILES string of the molecule is COC1CC(OC)CC(C(C)=O)C1. The van der Waals surface area contributed by atoms with Crippen LogP contribution in [0.1, 0.15) is 26.2 Å². The maximum absolute atomic E-state index is 11.2. The zero-order chi connectivity index (χ0) is 9.84. The first kappa shape index (κ1) is 10.7. The molecule has 0 N–H and O–H groups in total. The van der Waals surface area contributed by atoms with Crippen LogP contribution in [0.2, 0.25) is 0 Å². The Morgan fingerprint density at radius 2 is 1.54 bits per heavy atom. The van der Waals surface area contributed by atoms with E-state index in [1.165, 1.54) is 0 Å². The third kappa shape index (κ3) is 2.78. The van der Waals surface area contributed by atoms with Gasteiger partial charge in [-0.1, -0.05) is 0 Å². The third-order valence-corrected chi connectivity index (χ3v) is 2.86. The Bertz CT molecular complexity index is 167. The molecular weight excluding hydrogens is 168 g/mol. The number of carbonyl (C=O) groups is 1. The molecule has 0 heterocycles. The van der Waals surface area contributed by atoms with E-state index in [2.05, 4.69) is 0 Å². The highest BCUT2D eigenvalue weighted by molar-refractivity contribution is 5.78. The lowest BCUT2D eigenvalue weighted by molar-refractivity contribution is -0.126. The molecule has 0 radical (unpaired) electrons. The van der Waals surface area contributed by atoms with Crippen LogP contribution in [-0.4, -0.2) is 32.2 Å². The fraction of sp³-hybridized carbons (Fsp3) is 0.900. The lowest BCUT2D eigenvalue weighted by atomic mass is 9.83. The van der Waals surface area contributed by atoms with Gasteiger partial charge in [0.1, 0.15) is 5.78 Å². The lowest BCUT2D eigenvalue weighted by Gasteiger charge is -2.32. The van der Waals surface area contributed by atoms with Crippen molar-refractivity contribution in [3.63, 3.8) is 0 Å². The van der Waals surface area contributed by atoms with Gasteiger partial charge in [0.2, 0.25) is 0 Å². The molecule has 0 aromatic heterocycles. The van der Waals surface area contributed by atoms with Gasteiger partial charge in [-0.15, -0.1) is 0 Å². The van der Waals surface area contributed by atoms with Gasteiger partial charge in [-0.25, -0.2) is 0 Å². The Labute approximate surface area is 79.4 Å². The zero-order valence-electron chi connectivity index (χ0n) is 8.58. The van der Waals surface area contributed by atoms with Gasteiger partial charge in [-0.3, -0.25) is 4.79 Å². The largest absolute Gasteiger partial charge is 0.381 e. The molecule has 13 heavy (non-hydrogen) atoms. The van der Waals surface area contributed by atoms with Crippen LogP contribution in [0.3, 0.4) is 0 Å². The first-order chi connectivity index (χ1) is 6.17. The molecule has 0 aromatic carbocycles. The van der Waals surface area contributed by atoms with Crippen LogP contribution in [0, 0.1) is 5.92 Å². The van der Waals surface area contributed by atoms with E-state index < -0.39 is 0 Å². The summed E-state index contributed by atoms with van der Waals surface area (Å²) in [5.41, 5.74) is 0. The number of carbonyl (C=O) groups excluding carboxylic acids is 1. The Kier molecular flexibility index (Phi) is 3.88. The summed E-state index contributed by atoms with van der Waals surface area (Å²) in [5, 5.41) is 0. The van der Waals surface area contributed by atoms with Gasteiger partial charge >= 0.3 is 0 Å². The molecule has 0 bridgehead atoms. The molecule has 0 saturated heterocycles. The van der Waals surface area contributed by atoms with E-state index in [4.69, 9.17) is 9.47 Å². The zero-order valence-corrected chi connectivity index (χ0v) is 8.58. The monoisotopic (exact) mass is 186 g/mol. The van der Waals surface area contributed by atoms with E-state index in [0.29, 0.717) is 0 Å². The molecule has 1 rings (SSSR count). The van der Waals surface area contributed by atoms with Crippen molar-refractivity contribution >= 4 is 5.78 Å². The van der Waals surface area contributed by atoms with E-state index in [0.717, 1.165) is 19.3 Å². The second-order valence-electron chi connectivity index (χ2n) is 3.73. The van der Waals surface area contributed by atoms with E-state index >= 15 is 0 Å². The average molecular weight is 186 g/mol. The maximum atomic E-state index is 11.2. The van der Waals surface area contributed by atoms with Gasteiger partial charge in [0.15, 0.2) is 0 Å². The van der Waals surface area contributed by atoms with E-state index in [1.807, 2.05) is 0 Å². The maximum Gasteiger partial charge on any atom is 0.133 e. The van der Waals surface area contributed by atoms with Crippen LogP contribution in [0.15, 0.2) is 0 Å². The number of rotatable bonds is 3. The summed E-state index contributed by atoms with van der Waals surface area (Å²) < 4.78 is 10.5. The summed E-state index contributed by atoms with van der Waals surface area (Å²) in [6.45, 7) is 1.65. The first-order valence-corrected chi connectivity index (χ1v) is 4.73. The fourth-order valence-corrected chi connectivity index (χ4v) is 1.93. The minimum Gasteiger partial charge on any atom is -0.381 e. The molecule has 1 aliphatic rings. The van der Waals surface area contributed by atoms with Crippen molar-refractivity contribution in [2.75, 3.05) is 14.2 Å².